The van der Waals surface area contributed by atoms with Crippen molar-refractivity contribution in [2.24, 2.45) is 4.99 Å². The number of hydrogen-bond acceptors (Lipinski definition) is 6. The molecule has 0 saturated carbocycles. The number of nitrogens with one attached hydrogen (secondary N) is 2. The Morgan fingerprint density at radius 1 is 1.03 bits per heavy atom. The Labute approximate surface area is 199 Å². The van der Waals surface area contributed by atoms with Gasteiger partial charge in [-0.15, -0.1) is 24.0 Å². The van der Waals surface area contributed by atoms with Crippen LogP contribution in [0.2, 0.25) is 5.02 Å². The maximum Gasteiger partial charge on any atom is 0.195 e. The molecule has 0 aliphatic carbocycles. The summed E-state index contributed by atoms with van der Waals surface area (Å²) in [5.74, 6) is 0.981. The van der Waals surface area contributed by atoms with E-state index in [-0.39, 0.29) is 29.8 Å². The monoisotopic (exact) mass is 539 g/mol. The molecule has 0 unspecified atom stereocenters. The third-order valence-electron chi connectivity index (χ3n) is 5.36. The van der Waals surface area contributed by atoms with Crippen molar-refractivity contribution in [3.05, 3.63) is 59.1 Å². The van der Waals surface area contributed by atoms with Crippen LogP contribution in [-0.4, -0.2) is 62.5 Å². The molecule has 0 radical (unpaired) electrons. The number of piperazine rings is 1. The highest BCUT2D eigenvalue weighted by molar-refractivity contribution is 14.0. The predicted molar refractivity (Wildman–Crippen MR) is 135 cm³/mol. The normalized spacial score (nSPS) is 16.4. The average molecular weight is 540 g/mol. The van der Waals surface area contributed by atoms with Crippen LogP contribution in [0.25, 0.3) is 0 Å². The maximum atomic E-state index is 12.6. The molecular formula is C22H27ClIN5O. The Bertz CT molecular complexity index is 864. The zero-order chi connectivity index (χ0) is 20.1. The Kier molecular flexibility index (Phi) is 8.35. The fourth-order valence-corrected chi connectivity index (χ4v) is 3.77. The molecule has 4 rings (SSSR count). The lowest BCUT2D eigenvalue weighted by atomic mass is 10.1. The average Bonchev–Trinajstić information content (AvgIpc) is 3.27. The topological polar surface area (TPSA) is 60.0 Å². The van der Waals surface area contributed by atoms with Crippen LogP contribution in [0, 0.1) is 0 Å². The van der Waals surface area contributed by atoms with E-state index in [1.165, 1.54) is 5.69 Å². The zero-order valence-corrected chi connectivity index (χ0v) is 19.9. The Balaban J connectivity index is 0.00000256. The van der Waals surface area contributed by atoms with Gasteiger partial charge in [0.2, 0.25) is 0 Å². The molecular weight excluding hydrogens is 513 g/mol. The van der Waals surface area contributed by atoms with Gasteiger partial charge in [0.25, 0.3) is 0 Å². The Morgan fingerprint density at radius 3 is 2.37 bits per heavy atom. The maximum absolute atomic E-state index is 12.6. The van der Waals surface area contributed by atoms with Crippen LogP contribution >= 0.6 is 35.6 Å². The van der Waals surface area contributed by atoms with Gasteiger partial charge in [0, 0.05) is 67.7 Å². The molecule has 2 aliphatic rings. The van der Waals surface area contributed by atoms with E-state index in [0.717, 1.165) is 68.0 Å². The van der Waals surface area contributed by atoms with E-state index in [0.29, 0.717) is 6.42 Å². The number of rotatable bonds is 6. The molecule has 1 fully saturated rings. The summed E-state index contributed by atoms with van der Waals surface area (Å²) in [6.07, 6.45) is 0.544. The van der Waals surface area contributed by atoms with Crippen LogP contribution in [0.1, 0.15) is 16.8 Å². The van der Waals surface area contributed by atoms with Gasteiger partial charge in [-0.25, -0.2) is 0 Å². The van der Waals surface area contributed by atoms with Crippen LogP contribution in [0.5, 0.6) is 0 Å². The van der Waals surface area contributed by atoms with Crippen LogP contribution in [-0.2, 0) is 0 Å². The van der Waals surface area contributed by atoms with E-state index in [4.69, 9.17) is 11.6 Å². The number of carbonyl (C=O) groups is 1. The van der Waals surface area contributed by atoms with Crippen molar-refractivity contribution in [1.82, 2.24) is 10.2 Å². The standard InChI is InChI=1S/C22H26ClN5O.HI/c23-18-3-7-20(8-4-18)28-15-13-27(14-16-28)12-9-21(29)17-1-5-19(6-2-17)26-22-24-10-11-25-22;/h1-8H,9-16H2,(H2,24,25,26);1H. The summed E-state index contributed by atoms with van der Waals surface area (Å²) in [6, 6.07) is 15.6. The number of guanidine groups is 1. The number of benzene rings is 2. The summed E-state index contributed by atoms with van der Waals surface area (Å²) in [5, 5.41) is 7.15. The number of halogens is 2. The molecule has 2 aliphatic heterocycles. The molecule has 2 aromatic carbocycles. The lowest BCUT2D eigenvalue weighted by molar-refractivity contribution is 0.0962. The van der Waals surface area contributed by atoms with E-state index < -0.39 is 0 Å². The van der Waals surface area contributed by atoms with Gasteiger partial charge in [-0.05, 0) is 48.5 Å². The summed E-state index contributed by atoms with van der Waals surface area (Å²) in [4.78, 5) is 21.6. The Hall–Kier alpha value is -1.84. The number of hydrogen-bond donors (Lipinski definition) is 2. The highest BCUT2D eigenvalue weighted by Crippen LogP contribution is 2.19. The van der Waals surface area contributed by atoms with Gasteiger partial charge in [0.05, 0.1) is 6.54 Å². The largest absolute Gasteiger partial charge is 0.369 e. The molecule has 2 N–H and O–H groups in total. The summed E-state index contributed by atoms with van der Waals surface area (Å²) in [5.41, 5.74) is 2.90. The number of nitrogens with zero attached hydrogens (tertiary/aromatic N) is 3. The highest BCUT2D eigenvalue weighted by Gasteiger charge is 2.18. The number of anilines is 2. The molecule has 2 heterocycles. The minimum Gasteiger partial charge on any atom is -0.369 e. The second-order valence-corrected chi connectivity index (χ2v) is 7.77. The second-order valence-electron chi connectivity index (χ2n) is 7.34. The Morgan fingerprint density at radius 2 is 1.73 bits per heavy atom. The van der Waals surface area contributed by atoms with Crippen molar-refractivity contribution in [2.45, 2.75) is 6.42 Å². The fourth-order valence-electron chi connectivity index (χ4n) is 3.64. The molecule has 160 valence electrons. The molecule has 0 amide bonds. The van der Waals surface area contributed by atoms with Crippen LogP contribution in [0.15, 0.2) is 53.5 Å². The lowest BCUT2D eigenvalue weighted by Gasteiger charge is -2.36. The lowest BCUT2D eigenvalue weighted by Crippen LogP contribution is -2.46. The molecule has 0 spiro atoms. The quantitative estimate of drug-likeness (QED) is 0.433. The van der Waals surface area contributed by atoms with Gasteiger partial charge in [-0.2, -0.15) is 0 Å². The first-order valence-electron chi connectivity index (χ1n) is 10.1. The summed E-state index contributed by atoms with van der Waals surface area (Å²) in [7, 11) is 0. The third-order valence-corrected chi connectivity index (χ3v) is 5.61. The van der Waals surface area contributed by atoms with Crippen molar-refractivity contribution in [1.29, 1.82) is 0 Å². The van der Waals surface area contributed by atoms with E-state index >= 15 is 0 Å². The van der Waals surface area contributed by atoms with Crippen molar-refractivity contribution >= 4 is 58.7 Å². The molecule has 2 aromatic rings. The molecule has 0 aromatic heterocycles. The van der Waals surface area contributed by atoms with E-state index in [1.54, 1.807) is 0 Å². The first-order valence-corrected chi connectivity index (χ1v) is 10.5. The van der Waals surface area contributed by atoms with Crippen molar-refractivity contribution < 1.29 is 4.79 Å². The minimum absolute atomic E-state index is 0. The van der Waals surface area contributed by atoms with Gasteiger partial charge >= 0.3 is 0 Å². The van der Waals surface area contributed by atoms with E-state index in [2.05, 4.69) is 37.6 Å². The molecule has 0 bridgehead atoms. The van der Waals surface area contributed by atoms with Crippen molar-refractivity contribution in [3.63, 3.8) is 0 Å². The van der Waals surface area contributed by atoms with Gasteiger partial charge in [0.1, 0.15) is 0 Å². The first-order chi connectivity index (χ1) is 14.2. The predicted octanol–water partition coefficient (Wildman–Crippen LogP) is 3.72. The SMILES string of the molecule is I.O=C(CCN1CCN(c2ccc(Cl)cc2)CC1)c1ccc(NC2=NCCN2)cc1. The van der Waals surface area contributed by atoms with Gasteiger partial charge in [-0.3, -0.25) is 14.7 Å². The van der Waals surface area contributed by atoms with E-state index in [9.17, 15) is 4.79 Å². The number of ketones is 1. The molecule has 6 nitrogen and oxygen atoms in total. The molecule has 30 heavy (non-hydrogen) atoms. The molecule has 0 atom stereocenters. The summed E-state index contributed by atoms with van der Waals surface area (Å²) >= 11 is 5.97. The fraction of sp³-hybridized carbons (Fsp3) is 0.364. The van der Waals surface area contributed by atoms with Gasteiger partial charge < -0.3 is 15.5 Å². The minimum atomic E-state index is 0. The number of aliphatic imine (C=N–C) groups is 1. The summed E-state index contributed by atoms with van der Waals surface area (Å²) in [6.45, 7) is 6.33. The van der Waals surface area contributed by atoms with Crippen molar-refractivity contribution in [3.8, 4) is 0 Å². The van der Waals surface area contributed by atoms with Gasteiger partial charge in [0.15, 0.2) is 11.7 Å². The van der Waals surface area contributed by atoms with Gasteiger partial charge in [-0.1, -0.05) is 11.6 Å². The number of carbonyl (C=O) groups excluding carboxylic acids is 1. The number of Topliss-reactive ketones (excluding diaryl/α,β-unsaturated/α-hetero) is 1. The van der Waals surface area contributed by atoms with E-state index in [1.807, 2.05) is 36.4 Å². The molecule has 1 saturated heterocycles. The first kappa shape index (κ1) is 22.8. The van der Waals surface area contributed by atoms with Crippen LogP contribution in [0.3, 0.4) is 0 Å². The second kappa shape index (κ2) is 11.0. The van der Waals surface area contributed by atoms with Crippen molar-refractivity contribution in [2.75, 3.05) is 56.0 Å². The zero-order valence-electron chi connectivity index (χ0n) is 16.8. The smallest absolute Gasteiger partial charge is 0.195 e. The van der Waals surface area contributed by atoms with Crippen LogP contribution < -0.4 is 15.5 Å². The summed E-state index contributed by atoms with van der Waals surface area (Å²) < 4.78 is 0. The van der Waals surface area contributed by atoms with Crippen LogP contribution in [0.4, 0.5) is 11.4 Å². The third kappa shape index (κ3) is 6.09. The molecule has 8 heteroatoms. The highest BCUT2D eigenvalue weighted by atomic mass is 127.